The molecule has 0 atom stereocenters. The van der Waals surface area contributed by atoms with Crippen molar-refractivity contribution in [2.24, 2.45) is 0 Å². The first kappa shape index (κ1) is 21.0. The first-order chi connectivity index (χ1) is 13.7. The number of amides is 1. The van der Waals surface area contributed by atoms with Crippen LogP contribution in [0.2, 0.25) is 0 Å². The van der Waals surface area contributed by atoms with Crippen LogP contribution in [0.1, 0.15) is 38.2 Å². The fourth-order valence-electron chi connectivity index (χ4n) is 3.08. The maximum absolute atomic E-state index is 12.2. The summed E-state index contributed by atoms with van der Waals surface area (Å²) in [5.41, 5.74) is 2.42. The molecule has 0 bridgehead atoms. The highest BCUT2D eigenvalue weighted by Gasteiger charge is 2.21. The summed E-state index contributed by atoms with van der Waals surface area (Å²) < 4.78 is 36.3. The number of nitrogens with one attached hydrogen (secondary N) is 1. The standard InChI is InChI=1S/C21H26N2O5S/c1-15(2)16-6-8-17(9-7-16)22-21(24)5-4-12-23(29(3,25)26)18-10-11-19-20(13-18)28-14-27-19/h6-11,13,15H,4-5,12,14H2,1-3H3,(H,22,24). The Balaban J connectivity index is 1.58. The molecule has 29 heavy (non-hydrogen) atoms. The second-order valence-electron chi connectivity index (χ2n) is 7.30. The van der Waals surface area contributed by atoms with Gasteiger partial charge in [-0.2, -0.15) is 0 Å². The summed E-state index contributed by atoms with van der Waals surface area (Å²) in [7, 11) is -3.50. The van der Waals surface area contributed by atoms with Gasteiger partial charge in [0, 0.05) is 24.7 Å². The molecule has 156 valence electrons. The summed E-state index contributed by atoms with van der Waals surface area (Å²) in [5, 5.41) is 2.85. The zero-order valence-corrected chi connectivity index (χ0v) is 17.7. The summed E-state index contributed by atoms with van der Waals surface area (Å²) in [6.07, 6.45) is 1.74. The minimum absolute atomic E-state index is 0.121. The summed E-state index contributed by atoms with van der Waals surface area (Å²) in [4.78, 5) is 12.2. The van der Waals surface area contributed by atoms with Gasteiger partial charge in [-0.25, -0.2) is 8.42 Å². The fraction of sp³-hybridized carbons (Fsp3) is 0.381. The molecule has 0 radical (unpaired) electrons. The number of anilines is 2. The number of carbonyl (C=O) groups is 1. The largest absolute Gasteiger partial charge is 0.454 e. The molecule has 0 spiro atoms. The maximum atomic E-state index is 12.2. The van der Waals surface area contributed by atoms with Crippen LogP contribution in [0.3, 0.4) is 0 Å². The Morgan fingerprint density at radius 3 is 2.45 bits per heavy atom. The minimum atomic E-state index is -3.50. The van der Waals surface area contributed by atoms with Crippen molar-refractivity contribution in [2.45, 2.75) is 32.6 Å². The van der Waals surface area contributed by atoms with E-state index in [4.69, 9.17) is 9.47 Å². The van der Waals surface area contributed by atoms with Gasteiger partial charge in [0.1, 0.15) is 0 Å². The van der Waals surface area contributed by atoms with Crippen LogP contribution in [0.15, 0.2) is 42.5 Å². The molecular weight excluding hydrogens is 392 g/mol. The minimum Gasteiger partial charge on any atom is -0.454 e. The number of hydrogen-bond donors (Lipinski definition) is 1. The smallest absolute Gasteiger partial charge is 0.232 e. The molecule has 0 saturated carbocycles. The first-order valence-corrected chi connectivity index (χ1v) is 11.4. The van der Waals surface area contributed by atoms with E-state index in [2.05, 4.69) is 19.2 Å². The maximum Gasteiger partial charge on any atom is 0.232 e. The molecule has 1 amide bonds. The molecule has 1 aliphatic rings. The van der Waals surface area contributed by atoms with Gasteiger partial charge in [0.05, 0.1) is 11.9 Å². The predicted octanol–water partition coefficient (Wildman–Crippen LogP) is 3.72. The Labute approximate surface area is 171 Å². The van der Waals surface area contributed by atoms with E-state index in [1.165, 1.54) is 9.87 Å². The molecule has 1 aliphatic heterocycles. The van der Waals surface area contributed by atoms with Gasteiger partial charge in [0.2, 0.25) is 22.7 Å². The monoisotopic (exact) mass is 418 g/mol. The molecule has 0 aromatic heterocycles. The quantitative estimate of drug-likeness (QED) is 0.706. The van der Waals surface area contributed by atoms with Crippen molar-refractivity contribution < 1.29 is 22.7 Å². The van der Waals surface area contributed by atoms with Gasteiger partial charge in [-0.15, -0.1) is 0 Å². The van der Waals surface area contributed by atoms with Gasteiger partial charge < -0.3 is 14.8 Å². The van der Waals surface area contributed by atoms with E-state index in [1.807, 2.05) is 24.3 Å². The molecular formula is C21H26N2O5S. The normalized spacial score (nSPS) is 12.8. The van der Waals surface area contributed by atoms with Crippen LogP contribution in [0.25, 0.3) is 0 Å². The lowest BCUT2D eigenvalue weighted by Gasteiger charge is -2.22. The van der Waals surface area contributed by atoms with Crippen molar-refractivity contribution >= 4 is 27.3 Å². The number of ether oxygens (including phenoxy) is 2. The number of benzene rings is 2. The van der Waals surface area contributed by atoms with Crippen LogP contribution in [0.4, 0.5) is 11.4 Å². The van der Waals surface area contributed by atoms with Crippen LogP contribution in [-0.4, -0.2) is 33.9 Å². The summed E-state index contributed by atoms with van der Waals surface area (Å²) in [5.74, 6) is 1.38. The van der Waals surface area contributed by atoms with Gasteiger partial charge in [0.25, 0.3) is 0 Å². The second-order valence-corrected chi connectivity index (χ2v) is 9.21. The van der Waals surface area contributed by atoms with Crippen LogP contribution in [0.5, 0.6) is 11.5 Å². The molecule has 0 saturated heterocycles. The van der Waals surface area contributed by atoms with Gasteiger partial charge in [-0.1, -0.05) is 26.0 Å². The second kappa shape index (κ2) is 8.73. The highest BCUT2D eigenvalue weighted by atomic mass is 32.2. The van der Waals surface area contributed by atoms with Crippen molar-refractivity contribution in [3.8, 4) is 11.5 Å². The van der Waals surface area contributed by atoms with E-state index in [-0.39, 0.29) is 25.7 Å². The predicted molar refractivity (Wildman–Crippen MR) is 113 cm³/mol. The molecule has 1 N–H and O–H groups in total. The molecule has 0 fully saturated rings. The van der Waals surface area contributed by atoms with E-state index >= 15 is 0 Å². The SMILES string of the molecule is CC(C)c1ccc(NC(=O)CCCN(c2ccc3c(c2)OCO3)S(C)(=O)=O)cc1. The number of nitrogens with zero attached hydrogens (tertiary/aromatic N) is 1. The van der Waals surface area contributed by atoms with Gasteiger partial charge in [-0.3, -0.25) is 9.10 Å². The third-order valence-electron chi connectivity index (χ3n) is 4.67. The fourth-order valence-corrected chi connectivity index (χ4v) is 4.04. The molecule has 0 unspecified atom stereocenters. The first-order valence-electron chi connectivity index (χ1n) is 9.51. The third-order valence-corrected chi connectivity index (χ3v) is 5.86. The van der Waals surface area contributed by atoms with Crippen molar-refractivity contribution in [2.75, 3.05) is 29.2 Å². The Morgan fingerprint density at radius 2 is 1.79 bits per heavy atom. The highest BCUT2D eigenvalue weighted by Crippen LogP contribution is 2.36. The van der Waals surface area contributed by atoms with Gasteiger partial charge in [0.15, 0.2) is 11.5 Å². The lowest BCUT2D eigenvalue weighted by Crippen LogP contribution is -2.31. The topological polar surface area (TPSA) is 84.9 Å². The molecule has 3 rings (SSSR count). The van der Waals surface area contributed by atoms with Crippen LogP contribution in [0, 0.1) is 0 Å². The zero-order chi connectivity index (χ0) is 21.0. The Bertz CT molecular complexity index is 971. The number of sulfonamides is 1. The number of carbonyl (C=O) groups excluding carboxylic acids is 1. The van der Waals surface area contributed by atoms with Crippen LogP contribution >= 0.6 is 0 Å². The summed E-state index contributed by atoms with van der Waals surface area (Å²) in [6.45, 7) is 4.54. The number of hydrogen-bond acceptors (Lipinski definition) is 5. The van der Waals surface area contributed by atoms with Crippen molar-refractivity contribution in [1.29, 1.82) is 0 Å². The van der Waals surface area contributed by atoms with Gasteiger partial charge in [-0.05, 0) is 42.2 Å². The number of fused-ring (bicyclic) bond motifs is 1. The Kier molecular flexibility index (Phi) is 6.32. The molecule has 0 aliphatic carbocycles. The molecule has 7 nitrogen and oxygen atoms in total. The van der Waals surface area contributed by atoms with Crippen molar-refractivity contribution in [3.63, 3.8) is 0 Å². The molecule has 2 aromatic carbocycles. The zero-order valence-electron chi connectivity index (χ0n) is 16.8. The Hall–Kier alpha value is -2.74. The van der Waals surface area contributed by atoms with Crippen LogP contribution in [-0.2, 0) is 14.8 Å². The summed E-state index contributed by atoms with van der Waals surface area (Å²) in [6, 6.07) is 12.7. The van der Waals surface area contributed by atoms with E-state index in [0.29, 0.717) is 29.5 Å². The molecule has 1 heterocycles. The average molecular weight is 419 g/mol. The van der Waals surface area contributed by atoms with Crippen molar-refractivity contribution in [3.05, 3.63) is 48.0 Å². The van der Waals surface area contributed by atoms with Crippen molar-refractivity contribution in [1.82, 2.24) is 0 Å². The Morgan fingerprint density at radius 1 is 1.10 bits per heavy atom. The van der Waals surface area contributed by atoms with Crippen LogP contribution < -0.4 is 19.1 Å². The summed E-state index contributed by atoms with van der Waals surface area (Å²) >= 11 is 0. The van der Waals surface area contributed by atoms with E-state index in [0.717, 1.165) is 11.9 Å². The van der Waals surface area contributed by atoms with E-state index in [1.54, 1.807) is 18.2 Å². The lowest BCUT2D eigenvalue weighted by atomic mass is 10.0. The number of rotatable bonds is 8. The molecule has 2 aromatic rings. The molecule has 8 heteroatoms. The lowest BCUT2D eigenvalue weighted by molar-refractivity contribution is -0.116. The highest BCUT2D eigenvalue weighted by molar-refractivity contribution is 7.92. The van der Waals surface area contributed by atoms with E-state index < -0.39 is 10.0 Å². The average Bonchev–Trinajstić information content (AvgIpc) is 3.12. The van der Waals surface area contributed by atoms with Gasteiger partial charge >= 0.3 is 0 Å². The van der Waals surface area contributed by atoms with E-state index in [9.17, 15) is 13.2 Å². The third kappa shape index (κ3) is 5.41.